The van der Waals surface area contributed by atoms with Crippen LogP contribution in [0.2, 0.25) is 0 Å². The van der Waals surface area contributed by atoms with E-state index < -0.39 is 45.3 Å². The Labute approximate surface area is 230 Å². The van der Waals surface area contributed by atoms with Crippen molar-refractivity contribution in [1.82, 2.24) is 24.0 Å². The molecular formula is C24H33N5O9P2. The third-order valence-corrected chi connectivity index (χ3v) is 10.7. The van der Waals surface area contributed by atoms with Gasteiger partial charge < -0.3 is 18.9 Å². The Kier molecular flexibility index (Phi) is 8.63. The molecule has 3 fully saturated rings. The van der Waals surface area contributed by atoms with E-state index in [9.17, 15) is 23.8 Å². The van der Waals surface area contributed by atoms with E-state index in [-0.39, 0.29) is 24.6 Å². The SMILES string of the molecule is CC(C)NP(=O)(Oc1ccccc1)O[C@@H]1OC(n2cc(/C=C/COP(=O)(N3CC3)N3CC3)c(=O)[nH]c2=O)C[C@@H]1O. The maximum absolute atomic E-state index is 13.5. The fourth-order valence-corrected chi connectivity index (χ4v) is 7.94. The predicted molar refractivity (Wildman–Crippen MR) is 146 cm³/mol. The van der Waals surface area contributed by atoms with Crippen molar-refractivity contribution in [1.29, 1.82) is 0 Å². The molecule has 4 heterocycles. The van der Waals surface area contributed by atoms with Crippen LogP contribution in [0.5, 0.6) is 5.75 Å². The summed E-state index contributed by atoms with van der Waals surface area (Å²) in [6, 6.07) is 8.12. The van der Waals surface area contributed by atoms with Crippen LogP contribution < -0.4 is 20.9 Å². The van der Waals surface area contributed by atoms with E-state index in [0.29, 0.717) is 5.75 Å². The summed E-state index contributed by atoms with van der Waals surface area (Å²) < 4.78 is 53.8. The molecule has 2 unspecified atom stereocenters. The van der Waals surface area contributed by atoms with Crippen LogP contribution in [0.1, 0.15) is 32.1 Å². The van der Waals surface area contributed by atoms with Crippen LogP contribution in [-0.4, -0.2) is 75.2 Å². The number of para-hydroxylation sites is 1. The fraction of sp³-hybridized carbons (Fsp3) is 0.500. The molecule has 0 radical (unpaired) electrons. The highest BCUT2D eigenvalue weighted by molar-refractivity contribution is 7.54. The third kappa shape index (κ3) is 6.91. The first kappa shape index (κ1) is 29.1. The molecule has 40 heavy (non-hydrogen) atoms. The highest BCUT2D eigenvalue weighted by atomic mass is 31.2. The maximum atomic E-state index is 13.5. The lowest BCUT2D eigenvalue weighted by molar-refractivity contribution is -0.129. The lowest BCUT2D eigenvalue weighted by Gasteiger charge is -2.25. The van der Waals surface area contributed by atoms with Gasteiger partial charge >= 0.3 is 21.1 Å². The summed E-state index contributed by atoms with van der Waals surface area (Å²) in [5, 5.41) is 13.4. The van der Waals surface area contributed by atoms with E-state index in [1.54, 1.807) is 59.6 Å². The summed E-state index contributed by atoms with van der Waals surface area (Å²) >= 11 is 0. The van der Waals surface area contributed by atoms with Crippen LogP contribution in [0.15, 0.2) is 52.2 Å². The molecule has 0 spiro atoms. The Hall–Kier alpha value is -2.38. The van der Waals surface area contributed by atoms with Crippen molar-refractivity contribution < 1.29 is 32.5 Å². The molecule has 5 rings (SSSR count). The molecule has 1 aromatic carbocycles. The number of aromatic amines is 1. The zero-order valence-electron chi connectivity index (χ0n) is 22.1. The minimum Gasteiger partial charge on any atom is -0.413 e. The van der Waals surface area contributed by atoms with Crippen molar-refractivity contribution in [2.24, 2.45) is 0 Å². The summed E-state index contributed by atoms with van der Waals surface area (Å²) in [5.74, 6) is 0.292. The number of ether oxygens (including phenoxy) is 1. The normalized spacial score (nSPS) is 24.9. The fourth-order valence-electron chi connectivity index (χ4n) is 4.13. The van der Waals surface area contributed by atoms with Crippen molar-refractivity contribution in [2.45, 2.75) is 44.9 Å². The Morgan fingerprint density at radius 1 is 1.15 bits per heavy atom. The van der Waals surface area contributed by atoms with Gasteiger partial charge in [0.15, 0.2) is 6.29 Å². The molecule has 0 amide bonds. The van der Waals surface area contributed by atoms with E-state index >= 15 is 0 Å². The van der Waals surface area contributed by atoms with Gasteiger partial charge in [0.05, 0.1) is 12.2 Å². The molecule has 0 bridgehead atoms. The van der Waals surface area contributed by atoms with Crippen molar-refractivity contribution in [3.8, 4) is 5.75 Å². The van der Waals surface area contributed by atoms with Gasteiger partial charge in [-0.2, -0.15) is 0 Å². The lowest BCUT2D eigenvalue weighted by atomic mass is 10.2. The zero-order valence-corrected chi connectivity index (χ0v) is 23.9. The van der Waals surface area contributed by atoms with Gasteiger partial charge in [-0.3, -0.25) is 23.4 Å². The first-order valence-electron chi connectivity index (χ1n) is 13.0. The van der Waals surface area contributed by atoms with Crippen LogP contribution in [0, 0.1) is 0 Å². The molecule has 3 aliphatic rings. The highest BCUT2D eigenvalue weighted by Crippen LogP contribution is 2.60. The molecule has 3 N–H and O–H groups in total. The number of hydrogen-bond acceptors (Lipinski definition) is 9. The van der Waals surface area contributed by atoms with E-state index in [1.807, 2.05) is 0 Å². The van der Waals surface area contributed by atoms with Crippen molar-refractivity contribution >= 4 is 21.5 Å². The molecule has 14 nitrogen and oxygen atoms in total. The van der Waals surface area contributed by atoms with Crippen LogP contribution in [0.3, 0.4) is 0 Å². The lowest BCUT2D eigenvalue weighted by Crippen LogP contribution is -2.33. The molecule has 3 saturated heterocycles. The smallest absolute Gasteiger partial charge is 0.413 e. The third-order valence-electron chi connectivity index (χ3n) is 6.18. The Bertz CT molecular complexity index is 1420. The Morgan fingerprint density at radius 2 is 1.82 bits per heavy atom. The number of nitrogens with one attached hydrogen (secondary N) is 2. The number of aromatic nitrogens is 2. The van der Waals surface area contributed by atoms with Crippen LogP contribution >= 0.6 is 15.4 Å². The van der Waals surface area contributed by atoms with Crippen molar-refractivity contribution in [3.63, 3.8) is 0 Å². The van der Waals surface area contributed by atoms with Gasteiger partial charge in [0.25, 0.3) is 5.56 Å². The largest absolute Gasteiger partial charge is 0.461 e. The Morgan fingerprint density at radius 3 is 2.45 bits per heavy atom. The van der Waals surface area contributed by atoms with Gasteiger partial charge in [0, 0.05) is 44.8 Å². The van der Waals surface area contributed by atoms with Gasteiger partial charge in [-0.25, -0.2) is 23.8 Å². The standard InChI is InChI=1S/C24H33N5O9P2/c1-17(2)26-39(33,37-19-8-4-3-5-9-19)38-23-20(30)15-21(36-23)29-16-18(22(31)25-24(29)32)7-6-14-35-40(34,27-10-11-27)28-12-13-28/h3-9,16-17,20-21,23,30H,10-15H2,1-2H3,(H,26,33)(H,25,31,32)/b7-6+/t20-,21?,23-,39?/m0/s1. The summed E-state index contributed by atoms with van der Waals surface area (Å²) in [4.78, 5) is 27.3. The molecule has 16 heteroatoms. The van der Waals surface area contributed by atoms with E-state index in [2.05, 4.69) is 10.1 Å². The maximum Gasteiger partial charge on any atom is 0.461 e. The number of rotatable bonds is 13. The molecule has 0 aliphatic carbocycles. The van der Waals surface area contributed by atoms with Crippen molar-refractivity contribution in [3.05, 3.63) is 69.0 Å². The van der Waals surface area contributed by atoms with Gasteiger partial charge in [-0.15, -0.1) is 0 Å². The number of aliphatic hydroxyl groups excluding tert-OH is 1. The number of hydrogen-bond donors (Lipinski definition) is 3. The van der Waals surface area contributed by atoms with Crippen LogP contribution in [-0.2, 0) is 22.9 Å². The van der Waals surface area contributed by atoms with E-state index in [1.165, 1.54) is 12.3 Å². The van der Waals surface area contributed by atoms with Gasteiger partial charge in [-0.1, -0.05) is 24.3 Å². The van der Waals surface area contributed by atoms with Gasteiger partial charge in [-0.05, 0) is 32.1 Å². The second-order valence-corrected chi connectivity index (χ2v) is 13.9. The first-order valence-corrected chi connectivity index (χ1v) is 16.1. The zero-order chi connectivity index (χ0) is 28.5. The molecular weight excluding hydrogens is 564 g/mol. The van der Waals surface area contributed by atoms with Gasteiger partial charge in [0.2, 0.25) is 0 Å². The highest BCUT2D eigenvalue weighted by Gasteiger charge is 2.49. The second kappa shape index (κ2) is 11.8. The quantitative estimate of drug-likeness (QED) is 0.228. The number of aliphatic hydroxyl groups is 1. The topological polar surface area (TPSA) is 164 Å². The van der Waals surface area contributed by atoms with Gasteiger partial charge in [0.1, 0.15) is 18.1 Å². The molecule has 3 aliphatic heterocycles. The number of nitrogens with zero attached hydrogens (tertiary/aromatic N) is 3. The van der Waals surface area contributed by atoms with E-state index in [0.717, 1.165) is 30.7 Å². The summed E-state index contributed by atoms with van der Waals surface area (Å²) in [7, 11) is -7.00. The molecule has 4 atom stereocenters. The Balaban J connectivity index is 1.27. The van der Waals surface area contributed by atoms with Crippen LogP contribution in [0.4, 0.5) is 0 Å². The van der Waals surface area contributed by atoms with Crippen molar-refractivity contribution in [2.75, 3.05) is 32.8 Å². The predicted octanol–water partition coefficient (Wildman–Crippen LogP) is 2.11. The number of H-pyrrole nitrogens is 1. The monoisotopic (exact) mass is 597 g/mol. The second-order valence-electron chi connectivity index (χ2n) is 9.90. The molecule has 2 aromatic rings. The molecule has 218 valence electrons. The first-order chi connectivity index (χ1) is 19.1. The average Bonchev–Trinajstić information content (AvgIpc) is 3.80. The van der Waals surface area contributed by atoms with E-state index in [4.69, 9.17) is 18.3 Å². The summed E-state index contributed by atoms with van der Waals surface area (Å²) in [5.41, 5.74) is -1.27. The summed E-state index contributed by atoms with van der Waals surface area (Å²) in [6.07, 6.45) is 0.551. The summed E-state index contributed by atoms with van der Waals surface area (Å²) in [6.45, 7) is 6.42. The number of benzene rings is 1. The molecule has 0 saturated carbocycles. The minimum absolute atomic E-state index is 0.0109. The minimum atomic E-state index is -4.00. The van der Waals surface area contributed by atoms with Crippen LogP contribution in [0.25, 0.3) is 6.08 Å². The average molecular weight is 598 g/mol. The molecule has 1 aromatic heterocycles.